The highest BCUT2D eigenvalue weighted by atomic mass is 15.1. The normalized spacial score (nSPS) is 11.0. The fraction of sp³-hybridized carbons (Fsp3) is 0.143. The van der Waals surface area contributed by atoms with Crippen molar-refractivity contribution in [2.24, 2.45) is 5.73 Å². The number of rotatable bonds is 2. The van der Waals surface area contributed by atoms with Crippen LogP contribution in [0, 0.1) is 6.92 Å². The predicted octanol–water partition coefficient (Wildman–Crippen LogP) is 2.19. The Labute approximate surface area is 105 Å². The summed E-state index contributed by atoms with van der Waals surface area (Å²) in [7, 11) is 0. The number of nitrogens with zero attached hydrogens (tertiary/aromatic N) is 3. The summed E-state index contributed by atoms with van der Waals surface area (Å²) >= 11 is 0. The third-order valence-electron chi connectivity index (χ3n) is 3.11. The fourth-order valence-corrected chi connectivity index (χ4v) is 2.22. The highest BCUT2D eigenvalue weighted by Gasteiger charge is 2.11. The molecule has 90 valence electrons. The maximum Gasteiger partial charge on any atom is 0.110 e. The Kier molecular flexibility index (Phi) is 2.57. The van der Waals surface area contributed by atoms with Gasteiger partial charge in [0.25, 0.3) is 0 Å². The fourth-order valence-electron chi connectivity index (χ4n) is 2.22. The molecule has 4 nitrogen and oxygen atoms in total. The molecular weight excluding hydrogens is 224 g/mol. The standard InChI is InChI=1S/C14H14N4/c1-10-16-6-7-18(10)14-11(8-15)9-17-13-5-3-2-4-12(13)14/h2-7,9H,8,15H2,1H3. The number of pyridine rings is 1. The van der Waals surface area contributed by atoms with Crippen molar-refractivity contribution in [1.29, 1.82) is 0 Å². The summed E-state index contributed by atoms with van der Waals surface area (Å²) in [5, 5.41) is 1.10. The van der Waals surface area contributed by atoms with Crippen molar-refractivity contribution in [1.82, 2.24) is 14.5 Å². The molecule has 1 aromatic carbocycles. The first-order valence-electron chi connectivity index (χ1n) is 5.88. The molecule has 0 saturated carbocycles. The van der Waals surface area contributed by atoms with E-state index in [9.17, 15) is 0 Å². The van der Waals surface area contributed by atoms with Crippen LogP contribution in [-0.4, -0.2) is 14.5 Å². The summed E-state index contributed by atoms with van der Waals surface area (Å²) < 4.78 is 2.06. The molecule has 0 atom stereocenters. The molecule has 4 heteroatoms. The van der Waals surface area contributed by atoms with Crippen LogP contribution in [0.2, 0.25) is 0 Å². The average Bonchev–Trinajstić information content (AvgIpc) is 2.83. The number of nitrogens with two attached hydrogens (primary N) is 1. The summed E-state index contributed by atoms with van der Waals surface area (Å²) in [4.78, 5) is 8.72. The first-order valence-corrected chi connectivity index (χ1v) is 5.88. The van der Waals surface area contributed by atoms with Crippen molar-refractivity contribution in [3.05, 3.63) is 54.2 Å². The predicted molar refractivity (Wildman–Crippen MR) is 71.5 cm³/mol. The number of imidazole rings is 1. The Morgan fingerprint density at radius 1 is 1.22 bits per heavy atom. The lowest BCUT2D eigenvalue weighted by Gasteiger charge is -2.13. The van der Waals surface area contributed by atoms with E-state index < -0.39 is 0 Å². The lowest BCUT2D eigenvalue weighted by atomic mass is 10.1. The molecule has 0 bridgehead atoms. The third kappa shape index (κ3) is 1.58. The summed E-state index contributed by atoms with van der Waals surface area (Å²) in [6, 6.07) is 8.07. The van der Waals surface area contributed by atoms with Crippen LogP contribution < -0.4 is 5.73 Å². The number of fused-ring (bicyclic) bond motifs is 1. The maximum absolute atomic E-state index is 5.82. The van der Waals surface area contributed by atoms with Crippen LogP contribution in [0.3, 0.4) is 0 Å². The number of para-hydroxylation sites is 1. The van der Waals surface area contributed by atoms with Crippen LogP contribution in [0.25, 0.3) is 16.6 Å². The van der Waals surface area contributed by atoms with Crippen molar-refractivity contribution < 1.29 is 0 Å². The van der Waals surface area contributed by atoms with E-state index in [0.717, 1.165) is 28.0 Å². The van der Waals surface area contributed by atoms with Crippen molar-refractivity contribution in [2.45, 2.75) is 13.5 Å². The van der Waals surface area contributed by atoms with E-state index in [-0.39, 0.29) is 0 Å². The molecule has 0 radical (unpaired) electrons. The van der Waals surface area contributed by atoms with Gasteiger partial charge in [0.1, 0.15) is 5.82 Å². The van der Waals surface area contributed by atoms with Gasteiger partial charge in [-0.3, -0.25) is 4.98 Å². The first-order chi connectivity index (χ1) is 8.81. The Balaban J connectivity index is 2.41. The van der Waals surface area contributed by atoms with Gasteiger partial charge in [-0.2, -0.15) is 0 Å². The number of benzene rings is 1. The van der Waals surface area contributed by atoms with Gasteiger partial charge in [-0.25, -0.2) is 4.98 Å². The minimum Gasteiger partial charge on any atom is -0.326 e. The molecule has 0 aliphatic rings. The Hall–Kier alpha value is -2.20. The van der Waals surface area contributed by atoms with Crippen LogP contribution in [0.1, 0.15) is 11.4 Å². The molecular formula is C14H14N4. The van der Waals surface area contributed by atoms with Crippen molar-refractivity contribution in [2.75, 3.05) is 0 Å². The van der Waals surface area contributed by atoms with E-state index in [1.807, 2.05) is 37.5 Å². The van der Waals surface area contributed by atoms with Gasteiger partial charge in [0.2, 0.25) is 0 Å². The van der Waals surface area contributed by atoms with E-state index >= 15 is 0 Å². The largest absolute Gasteiger partial charge is 0.326 e. The molecule has 0 fully saturated rings. The van der Waals surface area contributed by atoms with Gasteiger partial charge in [0.15, 0.2) is 0 Å². The Morgan fingerprint density at radius 2 is 2.06 bits per heavy atom. The van der Waals surface area contributed by atoms with Gasteiger partial charge >= 0.3 is 0 Å². The second-order valence-electron chi connectivity index (χ2n) is 4.20. The van der Waals surface area contributed by atoms with Crippen molar-refractivity contribution in [3.8, 4) is 5.69 Å². The third-order valence-corrected chi connectivity index (χ3v) is 3.11. The Bertz CT molecular complexity index is 700. The number of aryl methyl sites for hydroxylation is 1. The lowest BCUT2D eigenvalue weighted by Crippen LogP contribution is -2.07. The van der Waals surface area contributed by atoms with Gasteiger partial charge in [0, 0.05) is 36.1 Å². The van der Waals surface area contributed by atoms with Gasteiger partial charge in [0.05, 0.1) is 11.2 Å². The molecule has 0 spiro atoms. The monoisotopic (exact) mass is 238 g/mol. The molecule has 0 aliphatic carbocycles. The summed E-state index contributed by atoms with van der Waals surface area (Å²) in [6.45, 7) is 2.44. The van der Waals surface area contributed by atoms with E-state index in [0.29, 0.717) is 6.54 Å². The highest BCUT2D eigenvalue weighted by Crippen LogP contribution is 2.25. The molecule has 3 rings (SSSR count). The van der Waals surface area contributed by atoms with Gasteiger partial charge < -0.3 is 10.3 Å². The quantitative estimate of drug-likeness (QED) is 0.744. The summed E-state index contributed by atoms with van der Waals surface area (Å²) in [6.07, 6.45) is 5.60. The average molecular weight is 238 g/mol. The van der Waals surface area contributed by atoms with Crippen LogP contribution in [0.15, 0.2) is 42.9 Å². The van der Waals surface area contributed by atoms with Crippen LogP contribution in [0.5, 0.6) is 0 Å². The minimum absolute atomic E-state index is 0.463. The second kappa shape index (κ2) is 4.23. The molecule has 18 heavy (non-hydrogen) atoms. The molecule has 0 aliphatic heterocycles. The Morgan fingerprint density at radius 3 is 2.78 bits per heavy atom. The van der Waals surface area contributed by atoms with Crippen LogP contribution in [0.4, 0.5) is 0 Å². The number of aromatic nitrogens is 3. The molecule has 3 aromatic rings. The first kappa shape index (κ1) is 10.9. The molecule has 2 N–H and O–H groups in total. The van der Waals surface area contributed by atoms with Crippen LogP contribution in [-0.2, 0) is 6.54 Å². The molecule has 2 heterocycles. The lowest BCUT2D eigenvalue weighted by molar-refractivity contribution is 0.939. The molecule has 0 saturated heterocycles. The second-order valence-corrected chi connectivity index (χ2v) is 4.20. The van der Waals surface area contributed by atoms with E-state index in [1.165, 1.54) is 0 Å². The van der Waals surface area contributed by atoms with Crippen LogP contribution >= 0.6 is 0 Å². The SMILES string of the molecule is Cc1nccn1-c1c(CN)cnc2ccccc12. The highest BCUT2D eigenvalue weighted by molar-refractivity contribution is 5.88. The zero-order valence-corrected chi connectivity index (χ0v) is 10.2. The summed E-state index contributed by atoms with van der Waals surface area (Å²) in [5.74, 6) is 0.945. The van der Waals surface area contributed by atoms with E-state index in [4.69, 9.17) is 5.73 Å². The topological polar surface area (TPSA) is 56.7 Å². The van der Waals surface area contributed by atoms with E-state index in [2.05, 4.69) is 20.6 Å². The smallest absolute Gasteiger partial charge is 0.110 e. The van der Waals surface area contributed by atoms with Gasteiger partial charge in [-0.05, 0) is 13.0 Å². The van der Waals surface area contributed by atoms with Crippen molar-refractivity contribution in [3.63, 3.8) is 0 Å². The maximum atomic E-state index is 5.82. The van der Waals surface area contributed by atoms with Gasteiger partial charge in [-0.1, -0.05) is 18.2 Å². The summed E-state index contributed by atoms with van der Waals surface area (Å²) in [5.41, 5.74) is 8.90. The number of hydrogen-bond donors (Lipinski definition) is 1. The van der Waals surface area contributed by atoms with Gasteiger partial charge in [-0.15, -0.1) is 0 Å². The van der Waals surface area contributed by atoms with E-state index in [1.54, 1.807) is 6.20 Å². The molecule has 2 aromatic heterocycles. The zero-order chi connectivity index (χ0) is 12.5. The number of hydrogen-bond acceptors (Lipinski definition) is 3. The van der Waals surface area contributed by atoms with Crippen molar-refractivity contribution >= 4 is 10.9 Å². The molecule has 0 amide bonds. The molecule has 0 unspecified atom stereocenters. The minimum atomic E-state index is 0.463. The zero-order valence-electron chi connectivity index (χ0n) is 10.2.